The van der Waals surface area contributed by atoms with Gasteiger partial charge >= 0.3 is 0 Å². The molecule has 0 radical (unpaired) electrons. The van der Waals surface area contributed by atoms with Gasteiger partial charge in [-0.15, -0.1) is 5.10 Å². The highest BCUT2D eigenvalue weighted by atomic mass is 15.3. The molecular weight excluding hydrogens is 322 g/mol. The molecule has 26 heavy (non-hydrogen) atoms. The molecule has 1 fully saturated rings. The van der Waals surface area contributed by atoms with Crippen molar-refractivity contribution in [3.63, 3.8) is 0 Å². The lowest BCUT2D eigenvalue weighted by Gasteiger charge is -2.22. The van der Waals surface area contributed by atoms with Crippen molar-refractivity contribution >= 4 is 17.5 Å². The molecule has 0 saturated carbocycles. The van der Waals surface area contributed by atoms with E-state index in [1.54, 1.807) is 6.20 Å². The van der Waals surface area contributed by atoms with E-state index in [0.29, 0.717) is 11.8 Å². The van der Waals surface area contributed by atoms with Gasteiger partial charge in [-0.1, -0.05) is 58.7 Å². The van der Waals surface area contributed by atoms with Gasteiger partial charge in [0.15, 0.2) is 5.82 Å². The molecule has 5 nitrogen and oxygen atoms in total. The summed E-state index contributed by atoms with van der Waals surface area (Å²) in [4.78, 5) is 7.04. The van der Waals surface area contributed by atoms with Crippen molar-refractivity contribution in [3.8, 4) is 0 Å². The van der Waals surface area contributed by atoms with Crippen LogP contribution in [-0.4, -0.2) is 28.3 Å². The van der Waals surface area contributed by atoms with E-state index < -0.39 is 0 Å². The summed E-state index contributed by atoms with van der Waals surface area (Å²) in [5, 5.41) is 12.1. The Morgan fingerprint density at radius 2 is 1.54 bits per heavy atom. The van der Waals surface area contributed by atoms with Gasteiger partial charge in [0, 0.05) is 18.8 Å². The van der Waals surface area contributed by atoms with E-state index >= 15 is 0 Å². The van der Waals surface area contributed by atoms with Crippen LogP contribution >= 0.6 is 0 Å². The van der Waals surface area contributed by atoms with Crippen molar-refractivity contribution in [1.82, 2.24) is 15.2 Å². The van der Waals surface area contributed by atoms with E-state index in [1.165, 1.54) is 42.5 Å². The van der Waals surface area contributed by atoms with E-state index in [2.05, 4.69) is 66.3 Å². The summed E-state index contributed by atoms with van der Waals surface area (Å²) < 4.78 is 0. The van der Waals surface area contributed by atoms with Crippen molar-refractivity contribution < 1.29 is 0 Å². The predicted octanol–water partition coefficient (Wildman–Crippen LogP) is 5.24. The monoisotopic (exact) mass is 353 g/mol. The lowest BCUT2D eigenvalue weighted by atomic mass is 9.92. The Morgan fingerprint density at radius 3 is 2.12 bits per heavy atom. The van der Waals surface area contributed by atoms with Crippen molar-refractivity contribution in [3.05, 3.63) is 35.5 Å². The van der Waals surface area contributed by atoms with Crippen LogP contribution < -0.4 is 10.2 Å². The predicted molar refractivity (Wildman–Crippen MR) is 108 cm³/mol. The highest BCUT2D eigenvalue weighted by molar-refractivity contribution is 5.66. The summed E-state index contributed by atoms with van der Waals surface area (Å²) in [6, 6.07) is 6.54. The van der Waals surface area contributed by atoms with Crippen LogP contribution in [0.25, 0.3) is 0 Å². The van der Waals surface area contributed by atoms with E-state index in [4.69, 9.17) is 4.98 Å². The minimum absolute atomic E-state index is 0.441. The third-order valence-electron chi connectivity index (χ3n) is 5.06. The Morgan fingerprint density at radius 1 is 0.923 bits per heavy atom. The zero-order valence-electron chi connectivity index (χ0n) is 16.5. The number of nitrogens with one attached hydrogen (secondary N) is 1. The standard InChI is InChI=1S/C21H31N5/c1-15(2)17-10-9-11-18(16(3)4)20(17)23-19-14-22-25-21(24-19)26-12-7-5-6-8-13-26/h9-11,14-16H,5-8,12-13H2,1-4H3,(H,23,24,25). The van der Waals surface area contributed by atoms with Gasteiger partial charge < -0.3 is 10.2 Å². The van der Waals surface area contributed by atoms with Crippen molar-refractivity contribution in [1.29, 1.82) is 0 Å². The lowest BCUT2D eigenvalue weighted by Crippen LogP contribution is -2.26. The zero-order valence-corrected chi connectivity index (χ0v) is 16.5. The van der Waals surface area contributed by atoms with Crippen LogP contribution in [0.5, 0.6) is 0 Å². The molecule has 140 valence electrons. The molecule has 2 aromatic rings. The fraction of sp³-hybridized carbons (Fsp3) is 0.571. The first kappa shape index (κ1) is 18.6. The Labute approximate surface area is 157 Å². The van der Waals surface area contributed by atoms with Gasteiger partial charge in [0.25, 0.3) is 0 Å². The molecule has 1 N–H and O–H groups in total. The van der Waals surface area contributed by atoms with Crippen molar-refractivity contribution in [2.45, 2.75) is 65.2 Å². The van der Waals surface area contributed by atoms with Gasteiger partial charge in [-0.2, -0.15) is 10.1 Å². The van der Waals surface area contributed by atoms with Crippen LogP contribution in [0.15, 0.2) is 24.4 Å². The fourth-order valence-corrected chi connectivity index (χ4v) is 3.58. The van der Waals surface area contributed by atoms with Crippen LogP contribution in [0, 0.1) is 0 Å². The Bertz CT molecular complexity index is 692. The number of hydrogen-bond donors (Lipinski definition) is 1. The minimum Gasteiger partial charge on any atom is -0.339 e. The van der Waals surface area contributed by atoms with Gasteiger partial charge in [0.2, 0.25) is 5.95 Å². The molecule has 0 unspecified atom stereocenters. The normalized spacial score (nSPS) is 15.4. The molecule has 0 bridgehead atoms. The zero-order chi connectivity index (χ0) is 18.5. The van der Waals surface area contributed by atoms with Crippen molar-refractivity contribution in [2.24, 2.45) is 0 Å². The average Bonchev–Trinajstić information content (AvgIpc) is 2.91. The molecule has 3 rings (SSSR count). The molecule has 0 aliphatic carbocycles. The summed E-state index contributed by atoms with van der Waals surface area (Å²) in [6.45, 7) is 10.9. The maximum Gasteiger partial charge on any atom is 0.247 e. The van der Waals surface area contributed by atoms with Crippen LogP contribution in [0.2, 0.25) is 0 Å². The molecule has 1 saturated heterocycles. The van der Waals surface area contributed by atoms with E-state index in [1.807, 2.05) is 0 Å². The van der Waals surface area contributed by atoms with Crippen LogP contribution in [0.3, 0.4) is 0 Å². The molecule has 5 heteroatoms. The molecule has 0 spiro atoms. The number of nitrogens with zero attached hydrogens (tertiary/aromatic N) is 4. The molecular formula is C21H31N5. The summed E-state index contributed by atoms with van der Waals surface area (Å²) in [5.74, 6) is 2.39. The molecule has 0 atom stereocenters. The number of aromatic nitrogens is 3. The van der Waals surface area contributed by atoms with Gasteiger partial charge in [0.05, 0.1) is 6.20 Å². The second kappa shape index (κ2) is 8.47. The molecule has 1 aromatic carbocycles. The third kappa shape index (κ3) is 4.32. The first-order chi connectivity index (χ1) is 12.6. The summed E-state index contributed by atoms with van der Waals surface area (Å²) in [6.07, 6.45) is 6.72. The maximum absolute atomic E-state index is 4.78. The summed E-state index contributed by atoms with van der Waals surface area (Å²) in [5.41, 5.74) is 3.79. The molecule has 1 aromatic heterocycles. The van der Waals surface area contributed by atoms with Crippen molar-refractivity contribution in [2.75, 3.05) is 23.3 Å². The van der Waals surface area contributed by atoms with Crippen LogP contribution in [0.4, 0.5) is 17.5 Å². The molecule has 0 amide bonds. The Kier molecular flexibility index (Phi) is 6.07. The minimum atomic E-state index is 0.441. The second-order valence-corrected chi connectivity index (χ2v) is 7.79. The Hall–Kier alpha value is -2.17. The van der Waals surface area contributed by atoms with E-state index in [0.717, 1.165) is 24.9 Å². The summed E-state index contributed by atoms with van der Waals surface area (Å²) in [7, 11) is 0. The fourth-order valence-electron chi connectivity index (χ4n) is 3.58. The van der Waals surface area contributed by atoms with E-state index in [-0.39, 0.29) is 0 Å². The average molecular weight is 354 g/mol. The quantitative estimate of drug-likeness (QED) is 0.796. The maximum atomic E-state index is 4.78. The molecule has 2 heterocycles. The highest BCUT2D eigenvalue weighted by Gasteiger charge is 2.17. The first-order valence-electron chi connectivity index (χ1n) is 9.90. The van der Waals surface area contributed by atoms with Gasteiger partial charge in [0.1, 0.15) is 0 Å². The second-order valence-electron chi connectivity index (χ2n) is 7.79. The van der Waals surface area contributed by atoms with Gasteiger partial charge in [-0.25, -0.2) is 0 Å². The SMILES string of the molecule is CC(C)c1cccc(C(C)C)c1Nc1cnnc(N2CCCCCC2)n1. The smallest absolute Gasteiger partial charge is 0.247 e. The van der Waals surface area contributed by atoms with Gasteiger partial charge in [-0.3, -0.25) is 0 Å². The molecule has 1 aliphatic rings. The number of para-hydroxylation sites is 1. The van der Waals surface area contributed by atoms with Crippen LogP contribution in [-0.2, 0) is 0 Å². The highest BCUT2D eigenvalue weighted by Crippen LogP contribution is 2.34. The first-order valence-corrected chi connectivity index (χ1v) is 9.90. The van der Waals surface area contributed by atoms with E-state index in [9.17, 15) is 0 Å². The number of anilines is 3. The number of benzene rings is 1. The molecule has 1 aliphatic heterocycles. The number of rotatable bonds is 5. The Balaban J connectivity index is 1.90. The van der Waals surface area contributed by atoms with Gasteiger partial charge in [-0.05, 0) is 35.8 Å². The summed E-state index contributed by atoms with van der Waals surface area (Å²) >= 11 is 0. The lowest BCUT2D eigenvalue weighted by molar-refractivity contribution is 0.726. The topological polar surface area (TPSA) is 53.9 Å². The number of hydrogen-bond acceptors (Lipinski definition) is 5. The third-order valence-corrected chi connectivity index (χ3v) is 5.06. The largest absolute Gasteiger partial charge is 0.339 e. The van der Waals surface area contributed by atoms with Crippen LogP contribution in [0.1, 0.15) is 76.3 Å².